The number of nitrogens with two attached hydrogens (primary N) is 1. The molecule has 1 aromatic rings. The molecule has 0 saturated heterocycles. The Morgan fingerprint density at radius 1 is 1.58 bits per heavy atom. The zero-order chi connectivity index (χ0) is 9.14. The summed E-state index contributed by atoms with van der Waals surface area (Å²) in [6.07, 6.45) is -1.12. The standard InChI is InChI=1S/C8H10F2N2/c1-5-2-6(3-11)7(8(9)10)12-4-5/h2,4,8H,3,11H2,1H3. The van der Waals surface area contributed by atoms with Gasteiger partial charge in [0.1, 0.15) is 5.69 Å². The van der Waals surface area contributed by atoms with Crippen LogP contribution in [-0.2, 0) is 6.54 Å². The van der Waals surface area contributed by atoms with Crippen LogP contribution in [0.1, 0.15) is 23.2 Å². The molecular formula is C8H10F2N2. The van der Waals surface area contributed by atoms with Crippen LogP contribution in [0, 0.1) is 6.92 Å². The van der Waals surface area contributed by atoms with E-state index in [9.17, 15) is 8.78 Å². The highest BCUT2D eigenvalue weighted by molar-refractivity contribution is 5.25. The van der Waals surface area contributed by atoms with Crippen LogP contribution in [0.3, 0.4) is 0 Å². The van der Waals surface area contributed by atoms with E-state index in [1.807, 2.05) is 0 Å². The van der Waals surface area contributed by atoms with Crippen LogP contribution in [0.5, 0.6) is 0 Å². The van der Waals surface area contributed by atoms with Crippen molar-refractivity contribution in [1.82, 2.24) is 4.98 Å². The van der Waals surface area contributed by atoms with Crippen molar-refractivity contribution in [1.29, 1.82) is 0 Å². The summed E-state index contributed by atoms with van der Waals surface area (Å²) in [5.41, 5.74) is 6.35. The van der Waals surface area contributed by atoms with Gasteiger partial charge >= 0.3 is 0 Å². The van der Waals surface area contributed by atoms with Crippen molar-refractivity contribution in [3.05, 3.63) is 29.1 Å². The second kappa shape index (κ2) is 3.58. The van der Waals surface area contributed by atoms with E-state index in [0.29, 0.717) is 5.56 Å². The van der Waals surface area contributed by atoms with E-state index in [-0.39, 0.29) is 12.2 Å². The van der Waals surface area contributed by atoms with Crippen LogP contribution in [0.2, 0.25) is 0 Å². The van der Waals surface area contributed by atoms with Crippen LogP contribution >= 0.6 is 0 Å². The Kier molecular flexibility index (Phi) is 2.70. The Bertz CT molecular complexity index is 274. The van der Waals surface area contributed by atoms with Gasteiger partial charge in [0.15, 0.2) is 0 Å². The number of hydrogen-bond donors (Lipinski definition) is 1. The summed E-state index contributed by atoms with van der Waals surface area (Å²) in [5.74, 6) is 0. The summed E-state index contributed by atoms with van der Waals surface area (Å²) in [6, 6.07) is 1.63. The van der Waals surface area contributed by atoms with Crippen LogP contribution < -0.4 is 5.73 Å². The minimum Gasteiger partial charge on any atom is -0.326 e. The summed E-state index contributed by atoms with van der Waals surface area (Å²) >= 11 is 0. The maximum absolute atomic E-state index is 12.2. The van der Waals surface area contributed by atoms with Gasteiger partial charge in [0.25, 0.3) is 6.43 Å². The molecule has 0 amide bonds. The Labute approximate surface area is 69.4 Å². The van der Waals surface area contributed by atoms with Crippen molar-refractivity contribution in [2.24, 2.45) is 5.73 Å². The molecule has 2 N–H and O–H groups in total. The molecule has 0 bridgehead atoms. The lowest BCUT2D eigenvalue weighted by molar-refractivity contribution is 0.145. The monoisotopic (exact) mass is 172 g/mol. The first-order valence-electron chi connectivity index (χ1n) is 3.58. The Hall–Kier alpha value is -1.03. The third kappa shape index (κ3) is 1.76. The van der Waals surface area contributed by atoms with Gasteiger partial charge in [-0.05, 0) is 18.1 Å². The Morgan fingerprint density at radius 3 is 2.75 bits per heavy atom. The predicted octanol–water partition coefficient (Wildman–Crippen LogP) is 1.79. The smallest absolute Gasteiger partial charge is 0.280 e. The maximum atomic E-state index is 12.2. The lowest BCUT2D eigenvalue weighted by atomic mass is 10.1. The summed E-state index contributed by atoms with van der Waals surface area (Å²) < 4.78 is 24.5. The number of pyridine rings is 1. The van der Waals surface area contributed by atoms with E-state index in [2.05, 4.69) is 4.98 Å². The maximum Gasteiger partial charge on any atom is 0.280 e. The van der Waals surface area contributed by atoms with E-state index in [1.165, 1.54) is 6.20 Å². The molecule has 2 nitrogen and oxygen atoms in total. The summed E-state index contributed by atoms with van der Waals surface area (Å²) in [7, 11) is 0. The molecular weight excluding hydrogens is 162 g/mol. The summed E-state index contributed by atoms with van der Waals surface area (Å²) in [4.78, 5) is 3.62. The number of hydrogen-bond acceptors (Lipinski definition) is 2. The van der Waals surface area contributed by atoms with Crippen LogP contribution in [0.25, 0.3) is 0 Å². The van der Waals surface area contributed by atoms with Gasteiger partial charge in [-0.2, -0.15) is 0 Å². The molecule has 0 aromatic carbocycles. The number of rotatable bonds is 2. The molecule has 0 spiro atoms. The highest BCUT2D eigenvalue weighted by atomic mass is 19.3. The van der Waals surface area contributed by atoms with Crippen molar-refractivity contribution >= 4 is 0 Å². The predicted molar refractivity (Wildman–Crippen MR) is 41.8 cm³/mol. The molecule has 0 aliphatic carbocycles. The largest absolute Gasteiger partial charge is 0.326 e. The summed E-state index contributed by atoms with van der Waals surface area (Å²) in [5, 5.41) is 0. The molecule has 0 fully saturated rings. The molecule has 1 rings (SSSR count). The lowest BCUT2D eigenvalue weighted by Crippen LogP contribution is -2.04. The molecule has 0 saturated carbocycles. The van der Waals surface area contributed by atoms with Gasteiger partial charge in [0.05, 0.1) is 0 Å². The lowest BCUT2D eigenvalue weighted by Gasteiger charge is -2.05. The first-order chi connectivity index (χ1) is 5.65. The zero-order valence-corrected chi connectivity index (χ0v) is 6.72. The van der Waals surface area contributed by atoms with Crippen LogP contribution in [0.15, 0.2) is 12.3 Å². The number of nitrogens with zero attached hydrogens (tertiary/aromatic N) is 1. The topological polar surface area (TPSA) is 38.9 Å². The molecule has 0 unspecified atom stereocenters. The van der Waals surface area contributed by atoms with Crippen molar-refractivity contribution < 1.29 is 8.78 Å². The van der Waals surface area contributed by atoms with Gasteiger partial charge in [-0.1, -0.05) is 6.07 Å². The fourth-order valence-corrected chi connectivity index (χ4v) is 1.00. The zero-order valence-electron chi connectivity index (χ0n) is 6.72. The second-order valence-electron chi connectivity index (χ2n) is 2.56. The number of aromatic nitrogens is 1. The molecule has 1 aromatic heterocycles. The van der Waals surface area contributed by atoms with Crippen molar-refractivity contribution in [3.8, 4) is 0 Å². The highest BCUT2D eigenvalue weighted by Crippen LogP contribution is 2.20. The normalized spacial score (nSPS) is 10.8. The van der Waals surface area contributed by atoms with Crippen molar-refractivity contribution in [3.63, 3.8) is 0 Å². The minimum absolute atomic E-state index is 0.106. The van der Waals surface area contributed by atoms with Gasteiger partial charge in [0, 0.05) is 12.7 Å². The van der Waals surface area contributed by atoms with Gasteiger partial charge in [-0.15, -0.1) is 0 Å². The quantitative estimate of drug-likeness (QED) is 0.738. The van der Waals surface area contributed by atoms with Crippen LogP contribution in [0.4, 0.5) is 8.78 Å². The molecule has 12 heavy (non-hydrogen) atoms. The van der Waals surface area contributed by atoms with E-state index >= 15 is 0 Å². The second-order valence-corrected chi connectivity index (χ2v) is 2.56. The van der Waals surface area contributed by atoms with E-state index in [0.717, 1.165) is 5.56 Å². The molecule has 66 valence electrons. The molecule has 0 aliphatic heterocycles. The highest BCUT2D eigenvalue weighted by Gasteiger charge is 2.13. The number of halogens is 2. The average molecular weight is 172 g/mol. The van der Waals surface area contributed by atoms with Gasteiger partial charge < -0.3 is 5.73 Å². The Balaban J connectivity index is 3.11. The molecule has 4 heteroatoms. The van der Waals surface area contributed by atoms with Gasteiger partial charge in [0.2, 0.25) is 0 Å². The summed E-state index contributed by atoms with van der Waals surface area (Å²) in [6.45, 7) is 1.90. The molecule has 0 radical (unpaired) electrons. The van der Waals surface area contributed by atoms with Gasteiger partial charge in [-0.3, -0.25) is 4.98 Å². The van der Waals surface area contributed by atoms with E-state index in [4.69, 9.17) is 5.73 Å². The third-order valence-electron chi connectivity index (χ3n) is 1.56. The van der Waals surface area contributed by atoms with Crippen molar-refractivity contribution in [2.75, 3.05) is 0 Å². The average Bonchev–Trinajstić information content (AvgIpc) is 2.03. The first-order valence-corrected chi connectivity index (χ1v) is 3.58. The fraction of sp³-hybridized carbons (Fsp3) is 0.375. The fourth-order valence-electron chi connectivity index (χ4n) is 1.00. The van der Waals surface area contributed by atoms with Gasteiger partial charge in [-0.25, -0.2) is 8.78 Å². The SMILES string of the molecule is Cc1cnc(C(F)F)c(CN)c1. The Morgan fingerprint density at radius 2 is 2.25 bits per heavy atom. The van der Waals surface area contributed by atoms with E-state index < -0.39 is 6.43 Å². The van der Waals surface area contributed by atoms with Crippen molar-refractivity contribution in [2.45, 2.75) is 19.9 Å². The number of alkyl halides is 2. The first kappa shape index (κ1) is 9.06. The minimum atomic E-state index is -2.54. The molecule has 1 heterocycles. The molecule has 0 atom stereocenters. The number of aryl methyl sites for hydroxylation is 1. The molecule has 0 aliphatic rings. The van der Waals surface area contributed by atoms with Crippen LogP contribution in [-0.4, -0.2) is 4.98 Å². The van der Waals surface area contributed by atoms with E-state index in [1.54, 1.807) is 13.0 Å². The third-order valence-corrected chi connectivity index (χ3v) is 1.56.